The molecule has 1 aliphatic rings. The van der Waals surface area contributed by atoms with Crippen molar-refractivity contribution in [1.29, 1.82) is 0 Å². The number of carbonyl (C=O) groups excluding carboxylic acids is 2. The molecule has 1 heterocycles. The summed E-state index contributed by atoms with van der Waals surface area (Å²) in [5, 5.41) is 0. The maximum atomic E-state index is 12.8. The molecule has 0 N–H and O–H groups in total. The normalized spacial score (nSPS) is 17.2. The number of benzene rings is 1. The molecule has 1 aromatic carbocycles. The fourth-order valence-corrected chi connectivity index (χ4v) is 2.82. The first-order chi connectivity index (χ1) is 12.3. The van der Waals surface area contributed by atoms with Crippen molar-refractivity contribution in [2.75, 3.05) is 26.8 Å². The summed E-state index contributed by atoms with van der Waals surface area (Å²) in [5.74, 6) is -0.794. The van der Waals surface area contributed by atoms with Gasteiger partial charge in [-0.3, -0.25) is 9.59 Å². The molecular formula is C18H22F3NO4. The summed E-state index contributed by atoms with van der Waals surface area (Å²) in [6.45, 7) is 1.08. The van der Waals surface area contributed by atoms with Crippen LogP contribution in [0.5, 0.6) is 0 Å². The first-order valence-electron chi connectivity index (χ1n) is 8.42. The lowest BCUT2D eigenvalue weighted by Crippen LogP contribution is -2.39. The minimum atomic E-state index is -4.46. The molecular weight excluding hydrogens is 351 g/mol. The van der Waals surface area contributed by atoms with Gasteiger partial charge in [-0.15, -0.1) is 0 Å². The monoisotopic (exact) mass is 373 g/mol. The van der Waals surface area contributed by atoms with Gasteiger partial charge in [-0.05, 0) is 24.5 Å². The number of methoxy groups -OCH3 is 1. The predicted octanol–water partition coefficient (Wildman–Crippen LogP) is 2.82. The summed E-state index contributed by atoms with van der Waals surface area (Å²) in [7, 11) is 1.26. The third-order valence-electron chi connectivity index (χ3n) is 4.22. The number of esters is 1. The summed E-state index contributed by atoms with van der Waals surface area (Å²) in [4.78, 5) is 25.4. The fraction of sp³-hybridized carbons (Fsp3) is 0.556. The first-order valence-corrected chi connectivity index (χ1v) is 8.42. The second-order valence-electron chi connectivity index (χ2n) is 6.18. The molecule has 0 bridgehead atoms. The lowest BCUT2D eigenvalue weighted by atomic mass is 10.1. The van der Waals surface area contributed by atoms with Gasteiger partial charge in [0.05, 0.1) is 31.6 Å². The SMILES string of the molecule is COC(=O)CCN(CC1CCCO1)C(=O)Cc1cccc(C(F)(F)F)c1. The molecule has 0 radical (unpaired) electrons. The average molecular weight is 373 g/mol. The Morgan fingerprint density at radius 3 is 2.73 bits per heavy atom. The summed E-state index contributed by atoms with van der Waals surface area (Å²) >= 11 is 0. The van der Waals surface area contributed by atoms with Crippen LogP contribution in [-0.4, -0.2) is 49.7 Å². The Bertz CT molecular complexity index is 627. The number of ether oxygens (including phenoxy) is 2. The van der Waals surface area contributed by atoms with Crippen LogP contribution in [0.3, 0.4) is 0 Å². The molecule has 1 aromatic rings. The molecule has 0 spiro atoms. The molecule has 0 aromatic heterocycles. The van der Waals surface area contributed by atoms with Gasteiger partial charge < -0.3 is 14.4 Å². The number of alkyl halides is 3. The van der Waals surface area contributed by atoms with E-state index in [4.69, 9.17) is 4.74 Å². The molecule has 1 saturated heterocycles. The Hall–Kier alpha value is -2.09. The molecule has 144 valence electrons. The van der Waals surface area contributed by atoms with E-state index in [0.29, 0.717) is 13.2 Å². The van der Waals surface area contributed by atoms with E-state index >= 15 is 0 Å². The topological polar surface area (TPSA) is 55.8 Å². The molecule has 1 unspecified atom stereocenters. The number of nitrogens with zero attached hydrogens (tertiary/aromatic N) is 1. The van der Waals surface area contributed by atoms with E-state index in [-0.39, 0.29) is 37.0 Å². The maximum absolute atomic E-state index is 12.8. The van der Waals surface area contributed by atoms with Gasteiger partial charge in [0, 0.05) is 19.7 Å². The second kappa shape index (κ2) is 9.02. The van der Waals surface area contributed by atoms with Crippen LogP contribution in [0, 0.1) is 0 Å². The summed E-state index contributed by atoms with van der Waals surface area (Å²) < 4.78 is 48.6. The van der Waals surface area contributed by atoms with Crippen molar-refractivity contribution in [2.24, 2.45) is 0 Å². The highest BCUT2D eigenvalue weighted by Crippen LogP contribution is 2.29. The van der Waals surface area contributed by atoms with Crippen LogP contribution < -0.4 is 0 Å². The number of hydrogen-bond donors (Lipinski definition) is 0. The molecule has 1 fully saturated rings. The van der Waals surface area contributed by atoms with E-state index in [1.165, 1.54) is 24.1 Å². The van der Waals surface area contributed by atoms with Crippen molar-refractivity contribution >= 4 is 11.9 Å². The van der Waals surface area contributed by atoms with Crippen molar-refractivity contribution in [3.05, 3.63) is 35.4 Å². The highest BCUT2D eigenvalue weighted by Gasteiger charge is 2.31. The molecule has 8 heteroatoms. The molecule has 2 rings (SSSR count). The first kappa shape index (κ1) is 20.2. The van der Waals surface area contributed by atoms with Crippen LogP contribution in [0.1, 0.15) is 30.4 Å². The van der Waals surface area contributed by atoms with Gasteiger partial charge >= 0.3 is 12.1 Å². The van der Waals surface area contributed by atoms with Gasteiger partial charge in [-0.2, -0.15) is 13.2 Å². The van der Waals surface area contributed by atoms with Gasteiger partial charge in [-0.1, -0.05) is 18.2 Å². The average Bonchev–Trinajstić information content (AvgIpc) is 3.10. The zero-order chi connectivity index (χ0) is 19.2. The molecule has 0 aliphatic carbocycles. The van der Waals surface area contributed by atoms with Crippen LogP contribution in [0.15, 0.2) is 24.3 Å². The molecule has 26 heavy (non-hydrogen) atoms. The number of rotatable bonds is 7. The van der Waals surface area contributed by atoms with E-state index in [0.717, 1.165) is 25.0 Å². The molecule has 5 nitrogen and oxygen atoms in total. The van der Waals surface area contributed by atoms with Crippen LogP contribution >= 0.6 is 0 Å². The Morgan fingerprint density at radius 2 is 2.12 bits per heavy atom. The predicted molar refractivity (Wildman–Crippen MR) is 87.3 cm³/mol. The van der Waals surface area contributed by atoms with E-state index in [2.05, 4.69) is 4.74 Å². The molecule has 1 amide bonds. The van der Waals surface area contributed by atoms with Crippen molar-refractivity contribution in [3.8, 4) is 0 Å². The van der Waals surface area contributed by atoms with Crippen LogP contribution in [0.25, 0.3) is 0 Å². The smallest absolute Gasteiger partial charge is 0.416 e. The van der Waals surface area contributed by atoms with Crippen LogP contribution in [0.2, 0.25) is 0 Å². The van der Waals surface area contributed by atoms with Crippen molar-refractivity contribution in [1.82, 2.24) is 4.90 Å². The van der Waals surface area contributed by atoms with Crippen molar-refractivity contribution in [3.63, 3.8) is 0 Å². The van der Waals surface area contributed by atoms with Crippen LogP contribution in [0.4, 0.5) is 13.2 Å². The summed E-state index contributed by atoms with van der Waals surface area (Å²) in [5.41, 5.74) is -0.511. The Labute approximate surface area is 150 Å². The lowest BCUT2D eigenvalue weighted by Gasteiger charge is -2.25. The third-order valence-corrected chi connectivity index (χ3v) is 4.22. The fourth-order valence-electron chi connectivity index (χ4n) is 2.82. The Balaban J connectivity index is 2.05. The van der Waals surface area contributed by atoms with E-state index < -0.39 is 17.7 Å². The number of amides is 1. The lowest BCUT2D eigenvalue weighted by molar-refractivity contribution is -0.142. The zero-order valence-electron chi connectivity index (χ0n) is 14.6. The summed E-state index contributed by atoms with van der Waals surface area (Å²) in [6.07, 6.45) is -3.00. The van der Waals surface area contributed by atoms with Gasteiger partial charge in [0.2, 0.25) is 5.91 Å². The minimum Gasteiger partial charge on any atom is -0.469 e. The highest BCUT2D eigenvalue weighted by atomic mass is 19.4. The van der Waals surface area contributed by atoms with Gasteiger partial charge in [0.25, 0.3) is 0 Å². The third kappa shape index (κ3) is 6.01. The number of halogens is 3. The van der Waals surface area contributed by atoms with Gasteiger partial charge in [0.15, 0.2) is 0 Å². The number of hydrogen-bond acceptors (Lipinski definition) is 4. The van der Waals surface area contributed by atoms with Crippen LogP contribution in [-0.2, 0) is 31.7 Å². The van der Waals surface area contributed by atoms with Crippen molar-refractivity contribution < 1.29 is 32.2 Å². The Morgan fingerprint density at radius 1 is 1.35 bits per heavy atom. The molecule has 0 saturated carbocycles. The van der Waals surface area contributed by atoms with Gasteiger partial charge in [-0.25, -0.2) is 0 Å². The Kier molecular flexibility index (Phi) is 7.02. The maximum Gasteiger partial charge on any atom is 0.416 e. The van der Waals surface area contributed by atoms with E-state index in [1.807, 2.05) is 0 Å². The highest BCUT2D eigenvalue weighted by molar-refractivity contribution is 5.79. The summed E-state index contributed by atoms with van der Waals surface area (Å²) in [6, 6.07) is 4.71. The largest absolute Gasteiger partial charge is 0.469 e. The number of carbonyl (C=O) groups is 2. The van der Waals surface area contributed by atoms with Gasteiger partial charge in [0.1, 0.15) is 0 Å². The molecule has 1 atom stereocenters. The minimum absolute atomic E-state index is 0.0253. The van der Waals surface area contributed by atoms with E-state index in [1.54, 1.807) is 0 Å². The zero-order valence-corrected chi connectivity index (χ0v) is 14.6. The quantitative estimate of drug-likeness (QED) is 0.690. The molecule has 1 aliphatic heterocycles. The second-order valence-corrected chi connectivity index (χ2v) is 6.18. The van der Waals surface area contributed by atoms with E-state index in [9.17, 15) is 22.8 Å². The standard InChI is InChI=1S/C18H22F3NO4/c1-25-17(24)7-8-22(12-15-6-3-9-26-15)16(23)11-13-4-2-5-14(10-13)18(19,20)21/h2,4-5,10,15H,3,6-9,11-12H2,1H3. The van der Waals surface area contributed by atoms with Crippen molar-refractivity contribution in [2.45, 2.75) is 38.0 Å².